The highest BCUT2D eigenvalue weighted by molar-refractivity contribution is 5.90. The molecule has 20 heavy (non-hydrogen) atoms. The summed E-state index contributed by atoms with van der Waals surface area (Å²) in [4.78, 5) is 12.8. The molecule has 3 aliphatic rings. The highest BCUT2D eigenvalue weighted by atomic mass is 16.5. The number of hydrogen-bond acceptors (Lipinski definition) is 4. The van der Waals surface area contributed by atoms with Crippen LogP contribution < -0.4 is 11.1 Å². The third-order valence-corrected chi connectivity index (χ3v) is 5.69. The molecule has 0 spiro atoms. The van der Waals surface area contributed by atoms with Crippen LogP contribution in [-0.2, 0) is 14.3 Å². The SMILES string of the molecule is CC1(NC(=O)C2(N)C3CCCOC3C2(C)C)CCOC1. The van der Waals surface area contributed by atoms with Crippen molar-refractivity contribution < 1.29 is 14.3 Å². The van der Waals surface area contributed by atoms with E-state index in [2.05, 4.69) is 5.32 Å². The minimum atomic E-state index is -0.830. The van der Waals surface area contributed by atoms with Crippen molar-refractivity contribution in [3.05, 3.63) is 0 Å². The predicted octanol–water partition coefficient (Wildman–Crippen LogP) is 0.814. The molecule has 2 aliphatic heterocycles. The van der Waals surface area contributed by atoms with Crippen molar-refractivity contribution in [2.45, 2.75) is 57.2 Å². The molecule has 3 rings (SSSR count). The van der Waals surface area contributed by atoms with Crippen LogP contribution in [0.25, 0.3) is 0 Å². The van der Waals surface area contributed by atoms with E-state index in [9.17, 15) is 4.79 Å². The molecule has 3 N–H and O–H groups in total. The average Bonchev–Trinajstić information content (AvgIpc) is 2.84. The lowest BCUT2D eigenvalue weighted by Gasteiger charge is -2.65. The van der Waals surface area contributed by atoms with Gasteiger partial charge in [0.25, 0.3) is 0 Å². The van der Waals surface area contributed by atoms with Crippen LogP contribution in [0.2, 0.25) is 0 Å². The molecule has 0 aromatic carbocycles. The largest absolute Gasteiger partial charge is 0.379 e. The molecule has 1 aliphatic carbocycles. The third kappa shape index (κ3) is 1.76. The Kier molecular flexibility index (Phi) is 3.16. The molecule has 4 unspecified atom stereocenters. The molecule has 1 amide bonds. The van der Waals surface area contributed by atoms with Gasteiger partial charge in [0.2, 0.25) is 5.91 Å². The van der Waals surface area contributed by atoms with Crippen molar-refractivity contribution in [2.24, 2.45) is 17.1 Å². The summed E-state index contributed by atoms with van der Waals surface area (Å²) >= 11 is 0. The molecule has 1 saturated carbocycles. The Morgan fingerprint density at radius 3 is 2.70 bits per heavy atom. The van der Waals surface area contributed by atoms with Crippen LogP contribution in [0.1, 0.15) is 40.0 Å². The molecule has 114 valence electrons. The van der Waals surface area contributed by atoms with Gasteiger partial charge in [-0.25, -0.2) is 0 Å². The maximum absolute atomic E-state index is 12.8. The second kappa shape index (κ2) is 4.42. The van der Waals surface area contributed by atoms with Crippen molar-refractivity contribution >= 4 is 5.91 Å². The summed E-state index contributed by atoms with van der Waals surface area (Å²) in [6.07, 6.45) is 2.93. The van der Waals surface area contributed by atoms with E-state index in [1.165, 1.54) is 0 Å². The van der Waals surface area contributed by atoms with Crippen LogP contribution in [0.3, 0.4) is 0 Å². The Morgan fingerprint density at radius 2 is 2.05 bits per heavy atom. The zero-order chi connectivity index (χ0) is 14.6. The van der Waals surface area contributed by atoms with Crippen LogP contribution in [-0.4, -0.2) is 42.9 Å². The number of rotatable bonds is 2. The summed E-state index contributed by atoms with van der Waals surface area (Å²) in [5.74, 6) is 0.0967. The summed E-state index contributed by atoms with van der Waals surface area (Å²) in [6, 6.07) is 0. The third-order valence-electron chi connectivity index (χ3n) is 5.69. The van der Waals surface area contributed by atoms with Gasteiger partial charge < -0.3 is 20.5 Å². The Labute approximate surface area is 120 Å². The Bertz CT molecular complexity index is 417. The first kappa shape index (κ1) is 14.3. The van der Waals surface area contributed by atoms with Crippen LogP contribution in [0.5, 0.6) is 0 Å². The molecule has 5 nitrogen and oxygen atoms in total. The second-order valence-corrected chi connectivity index (χ2v) is 7.45. The van der Waals surface area contributed by atoms with E-state index in [0.717, 1.165) is 25.9 Å². The van der Waals surface area contributed by atoms with Gasteiger partial charge in [0.1, 0.15) is 5.54 Å². The fourth-order valence-corrected chi connectivity index (χ4v) is 4.18. The molecular weight excluding hydrogens is 256 g/mol. The number of ether oxygens (including phenoxy) is 2. The summed E-state index contributed by atoms with van der Waals surface area (Å²) in [6.45, 7) is 8.18. The molecule has 0 radical (unpaired) electrons. The standard InChI is InChI=1S/C15H26N2O3/c1-13(2)11-10(5-4-7-20-11)15(13,16)12(18)17-14(3)6-8-19-9-14/h10-11H,4-9,16H2,1-3H3,(H,17,18). The highest BCUT2D eigenvalue weighted by Crippen LogP contribution is 2.57. The van der Waals surface area contributed by atoms with Crippen LogP contribution in [0.4, 0.5) is 0 Å². The molecule has 3 fully saturated rings. The number of amides is 1. The van der Waals surface area contributed by atoms with Gasteiger partial charge in [-0.3, -0.25) is 4.79 Å². The lowest BCUT2D eigenvalue weighted by atomic mass is 9.46. The fourth-order valence-electron chi connectivity index (χ4n) is 4.18. The molecule has 5 heteroatoms. The van der Waals surface area contributed by atoms with E-state index in [4.69, 9.17) is 15.2 Å². The number of carbonyl (C=O) groups excluding carboxylic acids is 1. The first-order valence-electron chi connectivity index (χ1n) is 7.62. The molecule has 0 bridgehead atoms. The minimum Gasteiger partial charge on any atom is -0.379 e. The summed E-state index contributed by atoms with van der Waals surface area (Å²) in [5, 5.41) is 3.14. The highest BCUT2D eigenvalue weighted by Gasteiger charge is 2.70. The normalized spacial score (nSPS) is 46.4. The lowest BCUT2D eigenvalue weighted by Crippen LogP contribution is -2.83. The fraction of sp³-hybridized carbons (Fsp3) is 0.933. The van der Waals surface area contributed by atoms with Crippen LogP contribution in [0, 0.1) is 11.3 Å². The number of carbonyl (C=O) groups is 1. The average molecular weight is 282 g/mol. The van der Waals surface area contributed by atoms with Gasteiger partial charge in [-0.05, 0) is 26.2 Å². The van der Waals surface area contributed by atoms with Crippen molar-refractivity contribution in [1.82, 2.24) is 5.32 Å². The second-order valence-electron chi connectivity index (χ2n) is 7.45. The van der Waals surface area contributed by atoms with E-state index in [0.29, 0.717) is 13.2 Å². The zero-order valence-electron chi connectivity index (χ0n) is 12.7. The quantitative estimate of drug-likeness (QED) is 0.786. The minimum absolute atomic E-state index is 0.0396. The Morgan fingerprint density at radius 1 is 1.30 bits per heavy atom. The lowest BCUT2D eigenvalue weighted by molar-refractivity contribution is -0.225. The van der Waals surface area contributed by atoms with Crippen LogP contribution >= 0.6 is 0 Å². The van der Waals surface area contributed by atoms with Crippen molar-refractivity contribution in [2.75, 3.05) is 19.8 Å². The van der Waals surface area contributed by atoms with E-state index in [-0.39, 0.29) is 28.9 Å². The summed E-state index contributed by atoms with van der Waals surface area (Å²) in [7, 11) is 0. The van der Waals surface area contributed by atoms with E-state index < -0.39 is 5.54 Å². The van der Waals surface area contributed by atoms with Gasteiger partial charge in [0, 0.05) is 24.5 Å². The Hall–Kier alpha value is -0.650. The van der Waals surface area contributed by atoms with Crippen molar-refractivity contribution in [1.29, 1.82) is 0 Å². The number of fused-ring (bicyclic) bond motifs is 1. The number of nitrogens with one attached hydrogen (secondary N) is 1. The van der Waals surface area contributed by atoms with E-state index >= 15 is 0 Å². The molecule has 2 heterocycles. The number of hydrogen-bond donors (Lipinski definition) is 2. The van der Waals surface area contributed by atoms with Gasteiger partial charge in [0.05, 0.1) is 18.2 Å². The van der Waals surface area contributed by atoms with Crippen LogP contribution in [0.15, 0.2) is 0 Å². The first-order chi connectivity index (χ1) is 9.31. The summed E-state index contributed by atoms with van der Waals surface area (Å²) in [5.41, 5.74) is 5.15. The zero-order valence-corrected chi connectivity index (χ0v) is 12.7. The predicted molar refractivity (Wildman–Crippen MR) is 75.1 cm³/mol. The van der Waals surface area contributed by atoms with Gasteiger partial charge >= 0.3 is 0 Å². The molecular formula is C15H26N2O3. The maximum Gasteiger partial charge on any atom is 0.241 e. The molecule has 4 atom stereocenters. The van der Waals surface area contributed by atoms with Gasteiger partial charge in [-0.15, -0.1) is 0 Å². The van der Waals surface area contributed by atoms with Crippen molar-refractivity contribution in [3.63, 3.8) is 0 Å². The van der Waals surface area contributed by atoms with Gasteiger partial charge in [-0.1, -0.05) is 13.8 Å². The molecule has 2 saturated heterocycles. The molecule has 0 aromatic rings. The van der Waals surface area contributed by atoms with Gasteiger partial charge in [-0.2, -0.15) is 0 Å². The van der Waals surface area contributed by atoms with E-state index in [1.807, 2.05) is 20.8 Å². The topological polar surface area (TPSA) is 73.6 Å². The number of nitrogens with two attached hydrogens (primary N) is 1. The van der Waals surface area contributed by atoms with E-state index in [1.54, 1.807) is 0 Å². The maximum atomic E-state index is 12.8. The smallest absolute Gasteiger partial charge is 0.241 e. The summed E-state index contributed by atoms with van der Waals surface area (Å²) < 4.78 is 11.3. The van der Waals surface area contributed by atoms with Gasteiger partial charge in [0.15, 0.2) is 0 Å². The molecule has 0 aromatic heterocycles. The Balaban J connectivity index is 1.78. The van der Waals surface area contributed by atoms with Crippen molar-refractivity contribution in [3.8, 4) is 0 Å². The monoisotopic (exact) mass is 282 g/mol. The first-order valence-corrected chi connectivity index (χ1v) is 7.62.